The summed E-state index contributed by atoms with van der Waals surface area (Å²) in [7, 11) is 1.52. The van der Waals surface area contributed by atoms with Gasteiger partial charge < -0.3 is 19.7 Å². The van der Waals surface area contributed by atoms with Crippen molar-refractivity contribution >= 4 is 29.0 Å². The molecule has 7 heteroatoms. The van der Waals surface area contributed by atoms with Crippen LogP contribution in [0.2, 0.25) is 5.02 Å². The van der Waals surface area contributed by atoms with Crippen molar-refractivity contribution in [3.05, 3.63) is 41.0 Å². The Morgan fingerprint density at radius 3 is 2.59 bits per heavy atom. The van der Waals surface area contributed by atoms with Crippen LogP contribution in [0, 0.1) is 0 Å². The van der Waals surface area contributed by atoms with E-state index in [9.17, 15) is 4.79 Å². The van der Waals surface area contributed by atoms with Gasteiger partial charge in [-0.15, -0.1) is 0 Å². The van der Waals surface area contributed by atoms with Gasteiger partial charge >= 0.3 is 0 Å². The lowest BCUT2D eigenvalue weighted by Gasteiger charge is -2.17. The van der Waals surface area contributed by atoms with Gasteiger partial charge in [-0.1, -0.05) is 11.6 Å². The smallest absolute Gasteiger partial charge is 0.255 e. The maximum Gasteiger partial charge on any atom is 0.255 e. The van der Waals surface area contributed by atoms with E-state index >= 15 is 0 Å². The minimum absolute atomic E-state index is 0.0590. The number of methoxy groups -OCH3 is 1. The molecule has 0 radical (unpaired) electrons. The van der Waals surface area contributed by atoms with Gasteiger partial charge in [-0.25, -0.2) is 4.98 Å². The number of carbonyl (C=O) groups is 1. The SMILES string of the molecule is COc1cc(C(=O)Nc2ccc(N3CCCC3)nc2)cc(Cl)c1OC(C)C. The van der Waals surface area contributed by atoms with Crippen LogP contribution in [0.15, 0.2) is 30.5 Å². The van der Waals surface area contributed by atoms with Crippen LogP contribution in [0.3, 0.4) is 0 Å². The van der Waals surface area contributed by atoms with Gasteiger partial charge in [0.1, 0.15) is 5.82 Å². The lowest BCUT2D eigenvalue weighted by atomic mass is 10.1. The first-order valence-electron chi connectivity index (χ1n) is 9.04. The monoisotopic (exact) mass is 389 g/mol. The van der Waals surface area contributed by atoms with Crippen LogP contribution in [0.1, 0.15) is 37.0 Å². The van der Waals surface area contributed by atoms with E-state index in [2.05, 4.69) is 15.2 Å². The molecule has 0 spiro atoms. The first-order chi connectivity index (χ1) is 13.0. The Kier molecular flexibility index (Phi) is 6.06. The van der Waals surface area contributed by atoms with Gasteiger partial charge in [0.15, 0.2) is 11.5 Å². The third kappa shape index (κ3) is 4.63. The van der Waals surface area contributed by atoms with Gasteiger partial charge in [-0.2, -0.15) is 0 Å². The van der Waals surface area contributed by atoms with E-state index in [0.717, 1.165) is 18.9 Å². The predicted molar refractivity (Wildman–Crippen MR) is 107 cm³/mol. The van der Waals surface area contributed by atoms with E-state index in [1.54, 1.807) is 18.3 Å². The molecule has 2 aromatic rings. The van der Waals surface area contributed by atoms with Crippen LogP contribution in [0.25, 0.3) is 0 Å². The number of carbonyl (C=O) groups excluding carboxylic acids is 1. The molecule has 2 heterocycles. The van der Waals surface area contributed by atoms with Crippen molar-refractivity contribution in [3.8, 4) is 11.5 Å². The molecule has 1 aromatic heterocycles. The zero-order valence-electron chi connectivity index (χ0n) is 15.8. The molecule has 1 aliphatic heterocycles. The molecule has 27 heavy (non-hydrogen) atoms. The first-order valence-corrected chi connectivity index (χ1v) is 9.42. The lowest BCUT2D eigenvalue weighted by Crippen LogP contribution is -2.19. The van der Waals surface area contributed by atoms with Crippen LogP contribution in [0.5, 0.6) is 11.5 Å². The largest absolute Gasteiger partial charge is 0.493 e. The standard InChI is InChI=1S/C20H24ClN3O3/c1-13(2)27-19-16(21)10-14(11-17(19)26-3)20(25)23-15-6-7-18(22-12-15)24-8-4-5-9-24/h6-7,10-13H,4-5,8-9H2,1-3H3,(H,23,25). The Hall–Kier alpha value is -2.47. The maximum absolute atomic E-state index is 12.6. The number of nitrogens with one attached hydrogen (secondary N) is 1. The minimum Gasteiger partial charge on any atom is -0.493 e. The van der Waals surface area contributed by atoms with Crippen molar-refractivity contribution < 1.29 is 14.3 Å². The molecule has 0 bridgehead atoms. The summed E-state index contributed by atoms with van der Waals surface area (Å²) >= 11 is 6.30. The Labute approximate surface area is 164 Å². The summed E-state index contributed by atoms with van der Waals surface area (Å²) in [5.74, 6) is 1.50. The normalized spacial score (nSPS) is 13.7. The van der Waals surface area contributed by atoms with Gasteiger partial charge in [0.25, 0.3) is 5.91 Å². The van der Waals surface area contributed by atoms with E-state index in [4.69, 9.17) is 21.1 Å². The summed E-state index contributed by atoms with van der Waals surface area (Å²) in [5, 5.41) is 3.17. The Morgan fingerprint density at radius 2 is 2.00 bits per heavy atom. The topological polar surface area (TPSA) is 63.7 Å². The average Bonchev–Trinajstić information content (AvgIpc) is 3.18. The number of halogens is 1. The molecule has 1 saturated heterocycles. The molecule has 1 fully saturated rings. The highest BCUT2D eigenvalue weighted by Gasteiger charge is 2.18. The highest BCUT2D eigenvalue weighted by molar-refractivity contribution is 6.32. The highest BCUT2D eigenvalue weighted by Crippen LogP contribution is 2.37. The van der Waals surface area contributed by atoms with Crippen molar-refractivity contribution in [2.45, 2.75) is 32.8 Å². The number of hydrogen-bond donors (Lipinski definition) is 1. The number of hydrogen-bond acceptors (Lipinski definition) is 5. The third-order valence-corrected chi connectivity index (χ3v) is 4.56. The molecular weight excluding hydrogens is 366 g/mol. The second-order valence-corrected chi connectivity index (χ2v) is 7.12. The molecule has 0 atom stereocenters. The summed E-state index contributed by atoms with van der Waals surface area (Å²) < 4.78 is 11.0. The maximum atomic E-state index is 12.6. The van der Waals surface area contributed by atoms with Crippen molar-refractivity contribution in [2.24, 2.45) is 0 Å². The molecule has 1 aromatic carbocycles. The summed E-state index contributed by atoms with van der Waals surface area (Å²) in [6, 6.07) is 6.97. The number of anilines is 2. The van der Waals surface area contributed by atoms with Crippen LogP contribution in [0.4, 0.5) is 11.5 Å². The number of nitrogens with zero attached hydrogens (tertiary/aromatic N) is 2. The number of amides is 1. The predicted octanol–water partition coefficient (Wildman–Crippen LogP) is 4.38. The van der Waals surface area contributed by atoms with Crippen molar-refractivity contribution in [1.29, 1.82) is 0 Å². The minimum atomic E-state index is -0.290. The molecule has 144 valence electrons. The highest BCUT2D eigenvalue weighted by atomic mass is 35.5. The van der Waals surface area contributed by atoms with Gasteiger partial charge in [0.2, 0.25) is 0 Å². The van der Waals surface area contributed by atoms with E-state index < -0.39 is 0 Å². The second-order valence-electron chi connectivity index (χ2n) is 6.71. The fourth-order valence-corrected chi connectivity index (χ4v) is 3.25. The third-order valence-electron chi connectivity index (χ3n) is 4.28. The molecule has 1 aliphatic rings. The van der Waals surface area contributed by atoms with Crippen LogP contribution in [-0.4, -0.2) is 37.2 Å². The van der Waals surface area contributed by atoms with Gasteiger partial charge in [-0.3, -0.25) is 4.79 Å². The Bertz CT molecular complexity index is 803. The lowest BCUT2D eigenvalue weighted by molar-refractivity contribution is 0.102. The molecule has 0 aliphatic carbocycles. The van der Waals surface area contributed by atoms with E-state index in [1.807, 2.05) is 26.0 Å². The molecule has 0 saturated carbocycles. The number of rotatable bonds is 6. The molecule has 3 rings (SSSR count). The Balaban J connectivity index is 1.74. The molecule has 1 amide bonds. The number of benzene rings is 1. The first kappa shape index (κ1) is 19.3. The van der Waals surface area contributed by atoms with Crippen LogP contribution < -0.4 is 19.7 Å². The Morgan fingerprint density at radius 1 is 1.26 bits per heavy atom. The summed E-state index contributed by atoms with van der Waals surface area (Å²) in [4.78, 5) is 19.3. The summed E-state index contributed by atoms with van der Waals surface area (Å²) in [6.07, 6.45) is 4.00. The molecule has 6 nitrogen and oxygen atoms in total. The number of pyridine rings is 1. The summed E-state index contributed by atoms with van der Waals surface area (Å²) in [5.41, 5.74) is 1.01. The van der Waals surface area contributed by atoms with Crippen molar-refractivity contribution in [1.82, 2.24) is 4.98 Å². The molecular formula is C20H24ClN3O3. The van der Waals surface area contributed by atoms with Crippen LogP contribution in [-0.2, 0) is 0 Å². The van der Waals surface area contributed by atoms with E-state index in [-0.39, 0.29) is 12.0 Å². The average molecular weight is 390 g/mol. The van der Waals surface area contributed by atoms with E-state index in [1.165, 1.54) is 20.0 Å². The quantitative estimate of drug-likeness (QED) is 0.794. The fraction of sp³-hybridized carbons (Fsp3) is 0.400. The van der Waals surface area contributed by atoms with Gasteiger partial charge in [0.05, 0.1) is 30.1 Å². The molecule has 0 unspecified atom stereocenters. The van der Waals surface area contributed by atoms with Gasteiger partial charge in [-0.05, 0) is 51.0 Å². The molecule has 1 N–H and O–H groups in total. The number of aromatic nitrogens is 1. The fourth-order valence-electron chi connectivity index (χ4n) is 3.00. The summed E-state index contributed by atoms with van der Waals surface area (Å²) in [6.45, 7) is 5.86. The van der Waals surface area contributed by atoms with Crippen LogP contribution >= 0.6 is 11.6 Å². The van der Waals surface area contributed by atoms with Crippen molar-refractivity contribution in [2.75, 3.05) is 30.4 Å². The number of ether oxygens (including phenoxy) is 2. The second kappa shape index (κ2) is 8.48. The van der Waals surface area contributed by atoms with E-state index in [0.29, 0.717) is 27.8 Å². The zero-order valence-corrected chi connectivity index (χ0v) is 16.5. The zero-order chi connectivity index (χ0) is 19.4. The van der Waals surface area contributed by atoms with Gasteiger partial charge in [0, 0.05) is 18.7 Å². The van der Waals surface area contributed by atoms with Crippen molar-refractivity contribution in [3.63, 3.8) is 0 Å².